The van der Waals surface area contributed by atoms with Gasteiger partial charge in [-0.1, -0.05) is 59.3 Å². The van der Waals surface area contributed by atoms with Crippen molar-refractivity contribution in [3.63, 3.8) is 0 Å². The molecule has 67 valence electrons. The van der Waals surface area contributed by atoms with Crippen molar-refractivity contribution in [2.75, 3.05) is 0 Å². The van der Waals surface area contributed by atoms with Crippen LogP contribution in [0.2, 0.25) is 0 Å². The summed E-state index contributed by atoms with van der Waals surface area (Å²) in [6.07, 6.45) is 10.5. The molecule has 0 spiro atoms. The fourth-order valence-electron chi connectivity index (χ4n) is 1.45. The maximum absolute atomic E-state index is 2.39. The summed E-state index contributed by atoms with van der Waals surface area (Å²) in [7, 11) is 0. The Morgan fingerprint density at radius 3 is 2.18 bits per heavy atom. The minimum absolute atomic E-state index is 0.986. The molecule has 0 aromatic carbocycles. The van der Waals surface area contributed by atoms with E-state index in [1.165, 1.54) is 38.5 Å². The van der Waals surface area contributed by atoms with Crippen molar-refractivity contribution in [1.29, 1.82) is 0 Å². The Morgan fingerprint density at radius 1 is 1.09 bits per heavy atom. The van der Waals surface area contributed by atoms with Crippen molar-refractivity contribution in [1.82, 2.24) is 0 Å². The van der Waals surface area contributed by atoms with Crippen LogP contribution in [-0.4, -0.2) is 0 Å². The maximum Gasteiger partial charge on any atom is -0.0389 e. The molecule has 0 aromatic rings. The third kappa shape index (κ3) is 6.40. The van der Waals surface area contributed by atoms with E-state index in [1.807, 2.05) is 0 Å². The van der Waals surface area contributed by atoms with Crippen molar-refractivity contribution in [2.24, 2.45) is 5.92 Å². The molecule has 0 atom stereocenters. The van der Waals surface area contributed by atoms with Crippen LogP contribution in [0.25, 0.3) is 0 Å². The zero-order valence-electron chi connectivity index (χ0n) is 8.40. The molecule has 0 fully saturated rings. The van der Waals surface area contributed by atoms with Crippen LogP contribution < -0.4 is 0 Å². The molecule has 0 bridgehead atoms. The minimum Gasteiger partial charge on any atom is -0.0651 e. The van der Waals surface area contributed by atoms with E-state index < -0.39 is 0 Å². The quantitative estimate of drug-likeness (QED) is 0.483. The highest BCUT2D eigenvalue weighted by Gasteiger charge is 2.01. The number of hydrogen-bond donors (Lipinski definition) is 0. The predicted molar refractivity (Wildman–Crippen MR) is 52.5 cm³/mol. The molecule has 0 unspecified atom stereocenters. The normalized spacial score (nSPS) is 10.9. The number of unbranched alkanes of at least 4 members (excludes halogenated alkanes) is 3. The lowest BCUT2D eigenvalue weighted by atomic mass is 9.96. The fourth-order valence-corrected chi connectivity index (χ4v) is 1.45. The van der Waals surface area contributed by atoms with Crippen LogP contribution >= 0.6 is 0 Å². The van der Waals surface area contributed by atoms with Crippen molar-refractivity contribution in [3.8, 4) is 0 Å². The molecule has 11 heavy (non-hydrogen) atoms. The Balaban J connectivity index is 3.07. The van der Waals surface area contributed by atoms with Crippen LogP contribution in [0.3, 0.4) is 0 Å². The van der Waals surface area contributed by atoms with Gasteiger partial charge in [0.2, 0.25) is 0 Å². The van der Waals surface area contributed by atoms with E-state index in [0.29, 0.717) is 0 Å². The van der Waals surface area contributed by atoms with Crippen molar-refractivity contribution < 1.29 is 0 Å². The van der Waals surface area contributed by atoms with E-state index in [-0.39, 0.29) is 0 Å². The number of rotatable bonds is 7. The molecular formula is C11H23. The Morgan fingerprint density at radius 2 is 1.73 bits per heavy atom. The third-order valence-corrected chi connectivity index (χ3v) is 2.46. The van der Waals surface area contributed by atoms with Crippen molar-refractivity contribution in [2.45, 2.75) is 59.3 Å². The summed E-state index contributed by atoms with van der Waals surface area (Å²) in [5, 5.41) is 0. The molecule has 1 radical (unpaired) electrons. The lowest BCUT2D eigenvalue weighted by Gasteiger charge is -2.10. The third-order valence-electron chi connectivity index (χ3n) is 2.46. The molecule has 0 aliphatic rings. The largest absolute Gasteiger partial charge is 0.0651 e. The predicted octanol–water partition coefficient (Wildman–Crippen LogP) is 4.21. The van der Waals surface area contributed by atoms with Gasteiger partial charge in [-0.3, -0.25) is 0 Å². The van der Waals surface area contributed by atoms with Gasteiger partial charge in [0.05, 0.1) is 0 Å². The molecule has 0 aliphatic heterocycles. The van der Waals surface area contributed by atoms with Crippen molar-refractivity contribution >= 4 is 0 Å². The summed E-state index contributed by atoms with van der Waals surface area (Å²) in [5.74, 6) is 0.986. The summed E-state index contributed by atoms with van der Waals surface area (Å²) < 4.78 is 0. The summed E-state index contributed by atoms with van der Waals surface area (Å²) in [5.41, 5.74) is 0. The summed E-state index contributed by atoms with van der Waals surface area (Å²) in [4.78, 5) is 0. The second kappa shape index (κ2) is 8.10. The van der Waals surface area contributed by atoms with Gasteiger partial charge >= 0.3 is 0 Å². The van der Waals surface area contributed by atoms with Gasteiger partial charge in [-0.05, 0) is 12.3 Å². The molecule has 0 nitrogen and oxygen atoms in total. The Kier molecular flexibility index (Phi) is 8.10. The SMILES string of the molecule is CC[CH]CCCC(CC)CC. The van der Waals surface area contributed by atoms with Crippen LogP contribution in [0.4, 0.5) is 0 Å². The monoisotopic (exact) mass is 155 g/mol. The molecule has 0 aliphatic carbocycles. The van der Waals surface area contributed by atoms with E-state index in [0.717, 1.165) is 5.92 Å². The molecule has 0 heteroatoms. The Bertz CT molecular complexity index is 62.4. The summed E-state index contributed by atoms with van der Waals surface area (Å²) in [6.45, 7) is 6.83. The zero-order chi connectivity index (χ0) is 8.53. The first-order valence-electron chi connectivity index (χ1n) is 5.16. The Labute approximate surface area is 72.4 Å². The van der Waals surface area contributed by atoms with Gasteiger partial charge < -0.3 is 0 Å². The van der Waals surface area contributed by atoms with E-state index in [1.54, 1.807) is 0 Å². The zero-order valence-corrected chi connectivity index (χ0v) is 8.40. The van der Waals surface area contributed by atoms with E-state index in [2.05, 4.69) is 27.2 Å². The topological polar surface area (TPSA) is 0 Å². The van der Waals surface area contributed by atoms with Crippen LogP contribution in [-0.2, 0) is 0 Å². The summed E-state index contributed by atoms with van der Waals surface area (Å²) >= 11 is 0. The standard InChI is InChI=1S/C11H23/c1-4-7-8-9-10-11(5-2)6-3/h7,11H,4-6,8-10H2,1-3H3. The molecule has 0 aromatic heterocycles. The first kappa shape index (κ1) is 11.0. The van der Waals surface area contributed by atoms with Crippen LogP contribution in [0, 0.1) is 12.3 Å². The second-order valence-corrected chi connectivity index (χ2v) is 3.31. The van der Waals surface area contributed by atoms with Gasteiger partial charge in [0.1, 0.15) is 0 Å². The Hall–Kier alpha value is 0. The van der Waals surface area contributed by atoms with Crippen LogP contribution in [0.5, 0.6) is 0 Å². The van der Waals surface area contributed by atoms with Gasteiger partial charge in [-0.2, -0.15) is 0 Å². The van der Waals surface area contributed by atoms with E-state index in [4.69, 9.17) is 0 Å². The first-order chi connectivity index (χ1) is 5.35. The molecule has 0 N–H and O–H groups in total. The highest BCUT2D eigenvalue weighted by atomic mass is 14.1. The average molecular weight is 155 g/mol. The molecule has 0 amide bonds. The smallest absolute Gasteiger partial charge is 0.0389 e. The van der Waals surface area contributed by atoms with Gasteiger partial charge in [0.15, 0.2) is 0 Å². The van der Waals surface area contributed by atoms with Gasteiger partial charge in [-0.25, -0.2) is 0 Å². The van der Waals surface area contributed by atoms with Crippen LogP contribution in [0.1, 0.15) is 59.3 Å². The molecule has 0 heterocycles. The number of hydrogen-bond acceptors (Lipinski definition) is 0. The molecular weight excluding hydrogens is 132 g/mol. The van der Waals surface area contributed by atoms with Gasteiger partial charge in [0.25, 0.3) is 0 Å². The second-order valence-electron chi connectivity index (χ2n) is 3.31. The lowest BCUT2D eigenvalue weighted by Crippen LogP contribution is -1.96. The van der Waals surface area contributed by atoms with E-state index >= 15 is 0 Å². The summed E-state index contributed by atoms with van der Waals surface area (Å²) in [6, 6.07) is 0. The van der Waals surface area contributed by atoms with Gasteiger partial charge in [0, 0.05) is 0 Å². The van der Waals surface area contributed by atoms with Crippen LogP contribution in [0.15, 0.2) is 0 Å². The fraction of sp³-hybridized carbons (Fsp3) is 0.909. The maximum atomic E-state index is 2.39. The lowest BCUT2D eigenvalue weighted by molar-refractivity contribution is 0.439. The average Bonchev–Trinajstić information content (AvgIpc) is 2.05. The molecule has 0 saturated heterocycles. The highest BCUT2D eigenvalue weighted by Crippen LogP contribution is 2.16. The highest BCUT2D eigenvalue weighted by molar-refractivity contribution is 4.63. The van der Waals surface area contributed by atoms with Gasteiger partial charge in [-0.15, -0.1) is 0 Å². The minimum atomic E-state index is 0.986. The molecule has 0 rings (SSSR count). The first-order valence-corrected chi connectivity index (χ1v) is 5.16. The molecule has 0 saturated carbocycles. The van der Waals surface area contributed by atoms with Crippen molar-refractivity contribution in [3.05, 3.63) is 6.42 Å². The van der Waals surface area contributed by atoms with E-state index in [9.17, 15) is 0 Å².